The highest BCUT2D eigenvalue weighted by molar-refractivity contribution is 7.18. The molecule has 1 aromatic carbocycles. The Kier molecular flexibility index (Phi) is 4.00. The smallest absolute Gasteiger partial charge is 0.323 e. The predicted octanol–water partition coefficient (Wildman–Crippen LogP) is 3.83. The number of para-hydroxylation sites is 1. The van der Waals surface area contributed by atoms with Crippen LogP contribution in [0.25, 0.3) is 10.2 Å². The van der Waals surface area contributed by atoms with Gasteiger partial charge in [-0.1, -0.05) is 44.2 Å². The molecule has 4 rings (SSSR count). The van der Waals surface area contributed by atoms with E-state index in [0.717, 1.165) is 53.7 Å². The normalized spacial score (nSPS) is 21.1. The minimum absolute atomic E-state index is 0.0614. The van der Waals surface area contributed by atoms with Gasteiger partial charge in [0, 0.05) is 0 Å². The first-order valence-electron chi connectivity index (χ1n) is 8.67. The van der Waals surface area contributed by atoms with Gasteiger partial charge in [0.1, 0.15) is 10.5 Å². The average Bonchev–Trinajstić information content (AvgIpc) is 3.06. The number of benzene rings is 1. The lowest BCUT2D eigenvalue weighted by molar-refractivity contribution is -0.132. The fraction of sp³-hybridized carbons (Fsp3) is 0.500. The molecule has 1 N–H and O–H groups in total. The molecule has 1 saturated carbocycles. The molecule has 1 aromatic heterocycles. The summed E-state index contributed by atoms with van der Waals surface area (Å²) < 4.78 is 1.08. The van der Waals surface area contributed by atoms with Gasteiger partial charge < -0.3 is 5.32 Å². The van der Waals surface area contributed by atoms with Crippen LogP contribution in [0.3, 0.4) is 0 Å². The first kappa shape index (κ1) is 15.6. The Hall–Kier alpha value is -1.95. The number of nitrogens with zero attached hydrogens (tertiary/aromatic N) is 2. The van der Waals surface area contributed by atoms with Gasteiger partial charge in [-0.25, -0.2) is 9.78 Å². The summed E-state index contributed by atoms with van der Waals surface area (Å²) in [4.78, 5) is 31.4. The number of aromatic nitrogens is 1. The standard InChI is InChI=1S/C18H21N3O2S/c22-16-18(10-6-2-1-3-7-11-18)20-17(23)21(16)12-15-19-13-8-4-5-9-14(13)24-15/h4-5,8-9H,1-3,6-7,10-12H2,(H,20,23). The molecule has 0 atom stereocenters. The molecule has 1 saturated heterocycles. The van der Waals surface area contributed by atoms with Gasteiger partial charge in [-0.05, 0) is 25.0 Å². The van der Waals surface area contributed by atoms with E-state index in [0.29, 0.717) is 0 Å². The second-order valence-corrected chi connectivity index (χ2v) is 7.86. The van der Waals surface area contributed by atoms with Gasteiger partial charge >= 0.3 is 6.03 Å². The number of hydrogen-bond donors (Lipinski definition) is 1. The summed E-state index contributed by atoms with van der Waals surface area (Å²) in [6.07, 6.45) is 7.03. The highest BCUT2D eigenvalue weighted by Gasteiger charge is 2.50. The summed E-state index contributed by atoms with van der Waals surface area (Å²) in [7, 11) is 0. The van der Waals surface area contributed by atoms with Crippen molar-refractivity contribution in [3.8, 4) is 0 Å². The van der Waals surface area contributed by atoms with Gasteiger partial charge in [0.25, 0.3) is 5.91 Å². The van der Waals surface area contributed by atoms with Gasteiger partial charge in [-0.2, -0.15) is 0 Å². The number of amides is 3. The number of thiazole rings is 1. The second kappa shape index (κ2) is 6.16. The Morgan fingerprint density at radius 3 is 2.54 bits per heavy atom. The Bertz CT molecular complexity index is 744. The van der Waals surface area contributed by atoms with E-state index in [4.69, 9.17) is 0 Å². The highest BCUT2D eigenvalue weighted by atomic mass is 32.1. The van der Waals surface area contributed by atoms with Crippen molar-refractivity contribution in [1.29, 1.82) is 0 Å². The third-order valence-corrected chi connectivity index (χ3v) is 6.11. The van der Waals surface area contributed by atoms with Crippen molar-refractivity contribution in [1.82, 2.24) is 15.2 Å². The number of urea groups is 1. The van der Waals surface area contributed by atoms with Crippen LogP contribution in [0.5, 0.6) is 0 Å². The predicted molar refractivity (Wildman–Crippen MR) is 93.8 cm³/mol. The number of imide groups is 1. The van der Waals surface area contributed by atoms with Crippen LogP contribution in [-0.4, -0.2) is 27.4 Å². The highest BCUT2D eigenvalue weighted by Crippen LogP contribution is 2.33. The second-order valence-electron chi connectivity index (χ2n) is 6.75. The van der Waals surface area contributed by atoms with Gasteiger partial charge in [-0.3, -0.25) is 9.69 Å². The van der Waals surface area contributed by atoms with Crippen molar-refractivity contribution in [2.24, 2.45) is 0 Å². The van der Waals surface area contributed by atoms with Crippen LogP contribution >= 0.6 is 11.3 Å². The summed E-state index contributed by atoms with van der Waals surface area (Å²) in [5.74, 6) is -0.0614. The molecule has 2 aromatic rings. The third-order valence-electron chi connectivity index (χ3n) is 5.08. The Morgan fingerprint density at radius 2 is 1.79 bits per heavy atom. The molecule has 2 heterocycles. The molecule has 1 aliphatic heterocycles. The Balaban J connectivity index is 1.56. The molecule has 3 amide bonds. The number of rotatable bonds is 2. The minimum Gasteiger partial charge on any atom is -0.323 e. The van der Waals surface area contributed by atoms with Gasteiger partial charge in [0.05, 0.1) is 16.8 Å². The maximum Gasteiger partial charge on any atom is 0.325 e. The summed E-state index contributed by atoms with van der Waals surface area (Å²) in [5, 5.41) is 3.81. The van der Waals surface area contributed by atoms with Crippen molar-refractivity contribution in [3.05, 3.63) is 29.3 Å². The van der Waals surface area contributed by atoms with Crippen LogP contribution in [0.15, 0.2) is 24.3 Å². The molecule has 0 radical (unpaired) electrons. The van der Waals surface area contributed by atoms with Crippen molar-refractivity contribution in [2.75, 3.05) is 0 Å². The van der Waals surface area contributed by atoms with Crippen LogP contribution in [0.4, 0.5) is 4.79 Å². The number of hydrogen-bond acceptors (Lipinski definition) is 4. The molecular weight excluding hydrogens is 322 g/mol. The third kappa shape index (κ3) is 2.69. The Labute approximate surface area is 145 Å². The number of carbonyl (C=O) groups excluding carboxylic acids is 2. The lowest BCUT2D eigenvalue weighted by atomic mass is 9.84. The molecule has 1 aliphatic carbocycles. The molecule has 0 unspecified atom stereocenters. The zero-order chi connectivity index (χ0) is 16.6. The molecule has 6 heteroatoms. The van der Waals surface area contributed by atoms with E-state index in [-0.39, 0.29) is 18.5 Å². The van der Waals surface area contributed by atoms with Crippen LogP contribution in [0.1, 0.15) is 50.0 Å². The number of carbonyl (C=O) groups is 2. The summed E-state index contributed by atoms with van der Waals surface area (Å²) >= 11 is 1.55. The fourth-order valence-corrected chi connectivity index (χ4v) is 4.75. The fourth-order valence-electron chi connectivity index (χ4n) is 3.79. The van der Waals surface area contributed by atoms with E-state index < -0.39 is 5.54 Å². The van der Waals surface area contributed by atoms with Gasteiger partial charge in [0.15, 0.2) is 0 Å². The summed E-state index contributed by atoms with van der Waals surface area (Å²) in [5.41, 5.74) is 0.249. The lowest BCUT2D eigenvalue weighted by Gasteiger charge is -2.28. The Morgan fingerprint density at radius 1 is 1.08 bits per heavy atom. The zero-order valence-electron chi connectivity index (χ0n) is 13.6. The van der Waals surface area contributed by atoms with Gasteiger partial charge in [-0.15, -0.1) is 11.3 Å². The van der Waals surface area contributed by atoms with Gasteiger partial charge in [0.2, 0.25) is 0 Å². The van der Waals surface area contributed by atoms with E-state index >= 15 is 0 Å². The van der Waals surface area contributed by atoms with E-state index in [9.17, 15) is 9.59 Å². The first-order valence-corrected chi connectivity index (χ1v) is 9.48. The van der Waals surface area contributed by atoms with E-state index in [1.54, 1.807) is 11.3 Å². The van der Waals surface area contributed by atoms with Crippen LogP contribution in [0, 0.1) is 0 Å². The minimum atomic E-state index is -0.672. The van der Waals surface area contributed by atoms with Crippen LogP contribution < -0.4 is 5.32 Å². The van der Waals surface area contributed by atoms with E-state index in [1.807, 2.05) is 24.3 Å². The lowest BCUT2D eigenvalue weighted by Crippen LogP contribution is -2.47. The zero-order valence-corrected chi connectivity index (χ0v) is 14.4. The molecule has 1 spiro atoms. The van der Waals surface area contributed by atoms with Crippen molar-refractivity contribution in [3.63, 3.8) is 0 Å². The van der Waals surface area contributed by atoms with Crippen LogP contribution in [0.2, 0.25) is 0 Å². The molecule has 2 aliphatic rings. The molecule has 2 fully saturated rings. The topological polar surface area (TPSA) is 62.3 Å². The maximum atomic E-state index is 13.0. The number of nitrogens with one attached hydrogen (secondary N) is 1. The van der Waals surface area contributed by atoms with E-state index in [1.165, 1.54) is 11.3 Å². The first-order chi connectivity index (χ1) is 11.7. The molecule has 126 valence electrons. The summed E-state index contributed by atoms with van der Waals surface area (Å²) in [6.45, 7) is 0.270. The average molecular weight is 343 g/mol. The quantitative estimate of drug-likeness (QED) is 0.843. The summed E-state index contributed by atoms with van der Waals surface area (Å²) in [6, 6.07) is 7.63. The molecule has 5 nitrogen and oxygen atoms in total. The van der Waals surface area contributed by atoms with Crippen molar-refractivity contribution < 1.29 is 9.59 Å². The number of fused-ring (bicyclic) bond motifs is 1. The van der Waals surface area contributed by atoms with E-state index in [2.05, 4.69) is 10.3 Å². The van der Waals surface area contributed by atoms with Crippen LogP contribution in [-0.2, 0) is 11.3 Å². The maximum absolute atomic E-state index is 13.0. The largest absolute Gasteiger partial charge is 0.325 e. The molecular formula is C18H21N3O2S. The van der Waals surface area contributed by atoms with Crippen molar-refractivity contribution >= 4 is 33.5 Å². The van der Waals surface area contributed by atoms with Crippen molar-refractivity contribution in [2.45, 2.75) is 57.0 Å². The monoisotopic (exact) mass is 343 g/mol. The molecule has 0 bridgehead atoms. The molecule has 24 heavy (non-hydrogen) atoms. The SMILES string of the molecule is O=C1NC2(CCCCCCC2)C(=O)N1Cc1nc2ccccc2s1.